The molecule has 0 aliphatic carbocycles. The molecule has 0 saturated carbocycles. The Labute approximate surface area is 172 Å². The molecule has 158 valence electrons. The van der Waals surface area contributed by atoms with E-state index in [0.29, 0.717) is 0 Å². The molecule has 0 spiro atoms. The first-order valence-electron chi connectivity index (χ1n) is 9.34. The fraction of sp³-hybridized carbons (Fsp3) is 0.700. The van der Waals surface area contributed by atoms with Crippen LogP contribution < -0.4 is 0 Å². The van der Waals surface area contributed by atoms with Gasteiger partial charge in [0, 0.05) is 12.7 Å². The van der Waals surface area contributed by atoms with Crippen molar-refractivity contribution < 1.29 is 28.8 Å². The van der Waals surface area contributed by atoms with E-state index < -0.39 is 45.1 Å². The molecule has 6 atom stereocenters. The molecule has 1 saturated heterocycles. The van der Waals surface area contributed by atoms with Crippen LogP contribution in [0.4, 0.5) is 0 Å². The second-order valence-corrected chi connectivity index (χ2v) is 14.1. The van der Waals surface area contributed by atoms with Gasteiger partial charge in [0.1, 0.15) is 30.5 Å². The number of methoxy groups -OCH3 is 1. The molecule has 2 heterocycles. The number of aliphatic hydroxyl groups is 2. The lowest BCUT2D eigenvalue weighted by Crippen LogP contribution is -2.61. The van der Waals surface area contributed by atoms with Crippen LogP contribution in [-0.4, -0.2) is 63.0 Å². The Bertz CT molecular complexity index is 651. The fourth-order valence-corrected chi connectivity index (χ4v) is 4.39. The molecule has 1 aromatic heterocycles. The second kappa shape index (κ2) is 9.37. The van der Waals surface area contributed by atoms with Gasteiger partial charge in [0.2, 0.25) is 0 Å². The first-order valence-corrected chi connectivity index (χ1v) is 13.2. The molecule has 2 rings (SSSR count). The van der Waals surface area contributed by atoms with E-state index in [2.05, 4.69) is 39.8 Å². The summed E-state index contributed by atoms with van der Waals surface area (Å²) < 4.78 is 23.2. The van der Waals surface area contributed by atoms with Gasteiger partial charge in [0.05, 0.1) is 6.61 Å². The molecule has 0 bridgehead atoms. The first kappa shape index (κ1) is 23.5. The normalized spacial score (nSPS) is 30.0. The van der Waals surface area contributed by atoms with Gasteiger partial charge in [-0.05, 0) is 35.0 Å². The number of hydrogen-bond acceptors (Lipinski definition) is 7. The number of terminal acetylenes is 1. The minimum Gasteiger partial charge on any atom is -0.414 e. The number of ether oxygens (including phenoxy) is 3. The summed E-state index contributed by atoms with van der Waals surface area (Å²) in [5.74, 6) is 2.57. The highest BCUT2D eigenvalue weighted by atomic mass is 32.1. The minimum atomic E-state index is -2.04. The molecule has 0 aromatic carbocycles. The molecule has 0 amide bonds. The van der Waals surface area contributed by atoms with Gasteiger partial charge >= 0.3 is 0 Å². The van der Waals surface area contributed by atoms with Crippen molar-refractivity contribution in [3.8, 4) is 12.3 Å². The lowest BCUT2D eigenvalue weighted by atomic mass is 9.98. The zero-order valence-corrected chi connectivity index (χ0v) is 19.2. The van der Waals surface area contributed by atoms with Gasteiger partial charge in [-0.3, -0.25) is 0 Å². The predicted molar refractivity (Wildman–Crippen MR) is 112 cm³/mol. The van der Waals surface area contributed by atoms with Crippen molar-refractivity contribution >= 4 is 19.7 Å². The van der Waals surface area contributed by atoms with Crippen LogP contribution in [0.5, 0.6) is 0 Å². The maximum atomic E-state index is 10.9. The molecule has 2 N–H and O–H groups in total. The van der Waals surface area contributed by atoms with Crippen LogP contribution in [0.25, 0.3) is 0 Å². The van der Waals surface area contributed by atoms with Gasteiger partial charge in [0.25, 0.3) is 0 Å². The van der Waals surface area contributed by atoms with E-state index in [1.165, 1.54) is 18.4 Å². The van der Waals surface area contributed by atoms with Crippen LogP contribution in [0, 0.1) is 12.3 Å². The molecule has 0 radical (unpaired) electrons. The summed E-state index contributed by atoms with van der Waals surface area (Å²) in [4.78, 5) is 0. The smallest absolute Gasteiger partial charge is 0.192 e. The number of aliphatic hydroxyl groups excluding tert-OH is 2. The Hall–Kier alpha value is -0.763. The van der Waals surface area contributed by atoms with Crippen LogP contribution in [-0.2, 0) is 18.6 Å². The third-order valence-corrected chi connectivity index (χ3v) is 10.8. The Balaban J connectivity index is 2.15. The van der Waals surface area contributed by atoms with Gasteiger partial charge in [-0.25, -0.2) is 0 Å². The molecule has 1 aliphatic heterocycles. The standard InChI is InChI=1S/C20H32O6SSi/c1-8-14(13-9-10-27-12-13)25-18-16(21)15(26-19(23-5)17(18)22)11-24-28(6,7)20(2,3)4/h1,9-10,12,14-19,21-22H,11H2,2-7H3/t14?,15-,16+,17-,18+,19+/m1/s1. The number of rotatable bonds is 7. The van der Waals surface area contributed by atoms with Crippen molar-refractivity contribution in [3.63, 3.8) is 0 Å². The van der Waals surface area contributed by atoms with Gasteiger partial charge in [-0.1, -0.05) is 26.7 Å². The van der Waals surface area contributed by atoms with E-state index in [4.69, 9.17) is 25.1 Å². The average Bonchev–Trinajstić information content (AvgIpc) is 3.14. The van der Waals surface area contributed by atoms with Gasteiger partial charge in [0.15, 0.2) is 14.6 Å². The molecule has 1 fully saturated rings. The molecule has 1 aromatic rings. The van der Waals surface area contributed by atoms with Crippen molar-refractivity contribution in [1.29, 1.82) is 0 Å². The highest BCUT2D eigenvalue weighted by Crippen LogP contribution is 2.37. The third-order valence-electron chi connectivity index (χ3n) is 5.58. The van der Waals surface area contributed by atoms with Gasteiger partial charge < -0.3 is 28.8 Å². The van der Waals surface area contributed by atoms with Gasteiger partial charge in [-0.2, -0.15) is 11.3 Å². The maximum Gasteiger partial charge on any atom is 0.192 e. The molecular weight excluding hydrogens is 396 g/mol. The lowest BCUT2D eigenvalue weighted by Gasteiger charge is -2.44. The summed E-state index contributed by atoms with van der Waals surface area (Å²) in [6, 6.07) is 1.86. The SMILES string of the molecule is C#CC(O[C@H]1[C@@H](O)[C@@H](CO[Si](C)(C)C(C)(C)C)O[C@H](OC)[C@@H]1O)c1ccsc1. The van der Waals surface area contributed by atoms with Crippen LogP contribution in [0.3, 0.4) is 0 Å². The molecule has 28 heavy (non-hydrogen) atoms. The van der Waals surface area contributed by atoms with Crippen molar-refractivity contribution in [3.05, 3.63) is 22.4 Å². The Morgan fingerprint density at radius 2 is 2.00 bits per heavy atom. The topological polar surface area (TPSA) is 77.4 Å². The van der Waals surface area contributed by atoms with Crippen molar-refractivity contribution in [2.24, 2.45) is 0 Å². The van der Waals surface area contributed by atoms with E-state index in [1.807, 2.05) is 16.8 Å². The lowest BCUT2D eigenvalue weighted by molar-refractivity contribution is -0.304. The van der Waals surface area contributed by atoms with E-state index in [0.717, 1.165) is 5.56 Å². The van der Waals surface area contributed by atoms with Crippen molar-refractivity contribution in [2.45, 2.75) is 75.7 Å². The number of hydrogen-bond donors (Lipinski definition) is 2. The van der Waals surface area contributed by atoms with E-state index in [9.17, 15) is 10.2 Å². The van der Waals surface area contributed by atoms with Crippen molar-refractivity contribution in [2.75, 3.05) is 13.7 Å². The highest BCUT2D eigenvalue weighted by Gasteiger charge is 2.48. The van der Waals surface area contributed by atoms with Gasteiger partial charge in [-0.15, -0.1) is 6.42 Å². The summed E-state index contributed by atoms with van der Waals surface area (Å²) in [5, 5.41) is 25.2. The summed E-state index contributed by atoms with van der Waals surface area (Å²) in [6.07, 6.45) is 0.0395. The quantitative estimate of drug-likeness (QED) is 0.514. The number of thiophene rings is 1. The molecule has 6 nitrogen and oxygen atoms in total. The molecule has 1 aliphatic rings. The molecule has 8 heteroatoms. The van der Waals surface area contributed by atoms with Crippen LogP contribution in [0.2, 0.25) is 18.1 Å². The monoisotopic (exact) mass is 428 g/mol. The zero-order valence-electron chi connectivity index (χ0n) is 17.4. The van der Waals surface area contributed by atoms with Crippen molar-refractivity contribution in [1.82, 2.24) is 0 Å². The predicted octanol–water partition coefficient (Wildman–Crippen LogP) is 2.92. The van der Waals surface area contributed by atoms with E-state index in [1.54, 1.807) is 0 Å². The molecular formula is C20H32O6SSi. The Morgan fingerprint density at radius 1 is 1.32 bits per heavy atom. The minimum absolute atomic E-state index is 0.0240. The largest absolute Gasteiger partial charge is 0.414 e. The zero-order chi connectivity index (χ0) is 21.1. The summed E-state index contributed by atoms with van der Waals surface area (Å²) in [6.45, 7) is 10.9. The summed E-state index contributed by atoms with van der Waals surface area (Å²) in [7, 11) is -0.602. The Morgan fingerprint density at radius 3 is 2.50 bits per heavy atom. The Kier molecular flexibility index (Phi) is 7.87. The first-order chi connectivity index (χ1) is 13.0. The average molecular weight is 429 g/mol. The molecule has 1 unspecified atom stereocenters. The van der Waals surface area contributed by atoms with E-state index >= 15 is 0 Å². The summed E-state index contributed by atoms with van der Waals surface area (Å²) in [5.41, 5.74) is 0.807. The fourth-order valence-electron chi connectivity index (χ4n) is 2.70. The highest BCUT2D eigenvalue weighted by molar-refractivity contribution is 7.08. The van der Waals surface area contributed by atoms with Crippen LogP contribution in [0.15, 0.2) is 16.8 Å². The second-order valence-electron chi connectivity index (χ2n) is 8.54. The third kappa shape index (κ3) is 5.23. The summed E-state index contributed by atoms with van der Waals surface area (Å²) >= 11 is 1.50. The van der Waals surface area contributed by atoms with Crippen LogP contribution >= 0.6 is 11.3 Å². The maximum absolute atomic E-state index is 10.9. The van der Waals surface area contributed by atoms with E-state index in [-0.39, 0.29) is 11.6 Å². The van der Waals surface area contributed by atoms with Crippen LogP contribution in [0.1, 0.15) is 32.4 Å².